The quantitative estimate of drug-likeness (QED) is 0.635. The standard InChI is InChI=1S/C19H20N6O4/c1-27-13-4-5-15(28-2)14(8-13)22-16(26)11-25-9-12(10-25)19-23-18(24-29-19)17-20-6-3-7-21-17/h3-8,12H,9-11H2,1-2H3,(H,22,26). The molecule has 3 heterocycles. The lowest BCUT2D eigenvalue weighted by Crippen LogP contribution is -2.48. The fourth-order valence-corrected chi connectivity index (χ4v) is 3.07. The van der Waals surface area contributed by atoms with Gasteiger partial charge in [0.25, 0.3) is 0 Å². The molecule has 1 fully saturated rings. The van der Waals surface area contributed by atoms with E-state index in [-0.39, 0.29) is 18.4 Å². The third-order valence-electron chi connectivity index (χ3n) is 4.56. The Bertz CT molecular complexity index is 987. The van der Waals surface area contributed by atoms with E-state index in [0.717, 1.165) is 0 Å². The SMILES string of the molecule is COc1ccc(OC)c(NC(=O)CN2CC(c3nc(-c4ncccn4)no3)C2)c1. The summed E-state index contributed by atoms with van der Waals surface area (Å²) in [7, 11) is 3.12. The lowest BCUT2D eigenvalue weighted by molar-refractivity contribution is -0.118. The topological polar surface area (TPSA) is 116 Å². The molecule has 0 radical (unpaired) electrons. The largest absolute Gasteiger partial charge is 0.497 e. The fraction of sp³-hybridized carbons (Fsp3) is 0.316. The van der Waals surface area contributed by atoms with Gasteiger partial charge in [-0.15, -0.1) is 0 Å². The molecule has 10 nitrogen and oxygen atoms in total. The van der Waals surface area contributed by atoms with Crippen LogP contribution in [0.3, 0.4) is 0 Å². The van der Waals surface area contributed by atoms with Crippen molar-refractivity contribution in [2.45, 2.75) is 5.92 Å². The molecule has 29 heavy (non-hydrogen) atoms. The molecule has 1 saturated heterocycles. The number of carbonyl (C=O) groups is 1. The van der Waals surface area contributed by atoms with E-state index in [4.69, 9.17) is 14.0 Å². The van der Waals surface area contributed by atoms with Crippen LogP contribution in [-0.2, 0) is 4.79 Å². The monoisotopic (exact) mass is 396 g/mol. The van der Waals surface area contributed by atoms with Crippen molar-refractivity contribution < 1.29 is 18.8 Å². The Balaban J connectivity index is 1.31. The number of nitrogens with zero attached hydrogens (tertiary/aromatic N) is 5. The van der Waals surface area contributed by atoms with Crippen LogP contribution in [0.4, 0.5) is 5.69 Å². The average Bonchev–Trinajstić information content (AvgIpc) is 3.20. The molecule has 4 rings (SSSR count). The van der Waals surface area contributed by atoms with Crippen molar-refractivity contribution in [2.75, 3.05) is 39.2 Å². The van der Waals surface area contributed by atoms with Crippen LogP contribution in [0.5, 0.6) is 11.5 Å². The maximum absolute atomic E-state index is 12.4. The number of carbonyl (C=O) groups excluding carboxylic acids is 1. The number of benzene rings is 1. The number of nitrogens with one attached hydrogen (secondary N) is 1. The number of rotatable bonds is 7. The van der Waals surface area contributed by atoms with Crippen LogP contribution < -0.4 is 14.8 Å². The molecule has 0 saturated carbocycles. The fourth-order valence-electron chi connectivity index (χ4n) is 3.07. The second kappa shape index (κ2) is 8.23. The summed E-state index contributed by atoms with van der Waals surface area (Å²) < 4.78 is 15.8. The third-order valence-corrected chi connectivity index (χ3v) is 4.56. The Morgan fingerprint density at radius 1 is 1.21 bits per heavy atom. The number of ether oxygens (including phenoxy) is 2. The minimum absolute atomic E-state index is 0.0825. The van der Waals surface area contributed by atoms with Crippen LogP contribution in [0.25, 0.3) is 11.6 Å². The first-order valence-corrected chi connectivity index (χ1v) is 9.01. The van der Waals surface area contributed by atoms with Crippen molar-refractivity contribution in [3.8, 4) is 23.1 Å². The van der Waals surface area contributed by atoms with Crippen molar-refractivity contribution in [2.24, 2.45) is 0 Å². The van der Waals surface area contributed by atoms with Gasteiger partial charge in [0, 0.05) is 31.5 Å². The van der Waals surface area contributed by atoms with Crippen molar-refractivity contribution in [3.05, 3.63) is 42.5 Å². The molecule has 0 aliphatic carbocycles. The number of hydrogen-bond acceptors (Lipinski definition) is 9. The maximum atomic E-state index is 12.4. The number of anilines is 1. The van der Waals surface area contributed by atoms with Crippen molar-refractivity contribution in [1.29, 1.82) is 0 Å². The normalized spacial score (nSPS) is 14.3. The first kappa shape index (κ1) is 18.8. The zero-order chi connectivity index (χ0) is 20.2. The summed E-state index contributed by atoms with van der Waals surface area (Å²) in [4.78, 5) is 27.0. The van der Waals surface area contributed by atoms with E-state index in [9.17, 15) is 4.79 Å². The van der Waals surface area contributed by atoms with Crippen molar-refractivity contribution in [1.82, 2.24) is 25.0 Å². The second-order valence-corrected chi connectivity index (χ2v) is 6.53. The summed E-state index contributed by atoms with van der Waals surface area (Å²) in [5.74, 6) is 2.46. The summed E-state index contributed by atoms with van der Waals surface area (Å²) in [6.07, 6.45) is 3.25. The Labute approximate surface area is 166 Å². The lowest BCUT2D eigenvalue weighted by atomic mass is 10.0. The van der Waals surface area contributed by atoms with Crippen molar-refractivity contribution >= 4 is 11.6 Å². The number of methoxy groups -OCH3 is 2. The Morgan fingerprint density at radius 2 is 2.00 bits per heavy atom. The number of aromatic nitrogens is 4. The summed E-state index contributed by atoms with van der Waals surface area (Å²) in [6, 6.07) is 6.97. The molecule has 1 amide bonds. The highest BCUT2D eigenvalue weighted by atomic mass is 16.5. The van der Waals surface area contributed by atoms with Crippen LogP contribution in [-0.4, -0.2) is 64.8 Å². The van der Waals surface area contributed by atoms with Crippen molar-refractivity contribution in [3.63, 3.8) is 0 Å². The number of amides is 1. The van der Waals surface area contributed by atoms with E-state index < -0.39 is 0 Å². The van der Waals surface area contributed by atoms with Gasteiger partial charge in [0.15, 0.2) is 0 Å². The first-order valence-electron chi connectivity index (χ1n) is 9.01. The zero-order valence-corrected chi connectivity index (χ0v) is 16.0. The summed E-state index contributed by atoms with van der Waals surface area (Å²) in [5, 5.41) is 6.79. The van der Waals surface area contributed by atoms with Gasteiger partial charge < -0.3 is 19.3 Å². The van der Waals surface area contributed by atoms with Crippen LogP contribution in [0.15, 0.2) is 41.2 Å². The summed E-state index contributed by atoms with van der Waals surface area (Å²) >= 11 is 0. The van der Waals surface area contributed by atoms with E-state index >= 15 is 0 Å². The predicted molar refractivity (Wildman–Crippen MR) is 103 cm³/mol. The molecule has 3 aromatic rings. The van der Waals surface area contributed by atoms with Crippen LogP contribution >= 0.6 is 0 Å². The van der Waals surface area contributed by atoms with Gasteiger partial charge in [-0.2, -0.15) is 4.98 Å². The molecule has 0 unspecified atom stereocenters. The molecule has 0 spiro atoms. The summed E-state index contributed by atoms with van der Waals surface area (Å²) in [6.45, 7) is 1.56. The molecule has 150 valence electrons. The Morgan fingerprint density at radius 3 is 2.72 bits per heavy atom. The van der Waals surface area contributed by atoms with E-state index in [1.54, 1.807) is 50.9 Å². The van der Waals surface area contributed by atoms with Gasteiger partial charge in [0.2, 0.25) is 23.4 Å². The molecule has 1 N–H and O–H groups in total. The molecule has 0 atom stereocenters. The maximum Gasteiger partial charge on any atom is 0.240 e. The number of likely N-dealkylation sites (tertiary alicyclic amines) is 1. The second-order valence-electron chi connectivity index (χ2n) is 6.53. The van der Waals surface area contributed by atoms with Gasteiger partial charge in [0.05, 0.1) is 32.4 Å². The van der Waals surface area contributed by atoms with Gasteiger partial charge >= 0.3 is 0 Å². The van der Waals surface area contributed by atoms with Gasteiger partial charge in [-0.25, -0.2) is 9.97 Å². The highest BCUT2D eigenvalue weighted by Crippen LogP contribution is 2.30. The van der Waals surface area contributed by atoms with Gasteiger partial charge in [-0.05, 0) is 18.2 Å². The summed E-state index contributed by atoms with van der Waals surface area (Å²) in [5.41, 5.74) is 0.568. The molecule has 10 heteroatoms. The Kier molecular flexibility index (Phi) is 5.34. The molecule has 1 aliphatic heterocycles. The zero-order valence-electron chi connectivity index (χ0n) is 16.0. The predicted octanol–water partition coefficient (Wildman–Crippen LogP) is 1.58. The van der Waals surface area contributed by atoms with Gasteiger partial charge in [-0.1, -0.05) is 5.16 Å². The lowest BCUT2D eigenvalue weighted by Gasteiger charge is -2.36. The molecule has 2 aromatic heterocycles. The minimum Gasteiger partial charge on any atom is -0.497 e. The van der Waals surface area contributed by atoms with Gasteiger partial charge in [0.1, 0.15) is 11.5 Å². The van der Waals surface area contributed by atoms with E-state index in [1.807, 2.05) is 4.90 Å². The molecular weight excluding hydrogens is 376 g/mol. The van der Waals surface area contributed by atoms with Crippen LogP contribution in [0.2, 0.25) is 0 Å². The molecule has 1 aliphatic rings. The van der Waals surface area contributed by atoms with Crippen LogP contribution in [0.1, 0.15) is 11.8 Å². The van der Waals surface area contributed by atoms with Gasteiger partial charge in [-0.3, -0.25) is 9.69 Å². The molecule has 0 bridgehead atoms. The van der Waals surface area contributed by atoms with E-state index in [2.05, 4.69) is 25.4 Å². The Hall–Kier alpha value is -3.53. The molecular formula is C19H20N6O4. The minimum atomic E-state index is -0.140. The molecule has 1 aromatic carbocycles. The van der Waals surface area contributed by atoms with Crippen LogP contribution in [0, 0.1) is 0 Å². The highest BCUT2D eigenvalue weighted by molar-refractivity contribution is 5.94. The number of hydrogen-bond donors (Lipinski definition) is 1. The first-order chi connectivity index (χ1) is 14.2. The highest BCUT2D eigenvalue weighted by Gasteiger charge is 2.34. The van der Waals surface area contributed by atoms with E-state index in [1.165, 1.54) is 0 Å². The average molecular weight is 396 g/mol. The smallest absolute Gasteiger partial charge is 0.240 e. The third kappa shape index (κ3) is 4.16. The van der Waals surface area contributed by atoms with E-state index in [0.29, 0.717) is 47.8 Å².